The van der Waals surface area contributed by atoms with Crippen LogP contribution in [0.2, 0.25) is 0 Å². The van der Waals surface area contributed by atoms with Crippen LogP contribution in [0.3, 0.4) is 0 Å². The lowest BCUT2D eigenvalue weighted by Crippen LogP contribution is -2.44. The molecule has 1 aliphatic heterocycles. The third-order valence-corrected chi connectivity index (χ3v) is 3.96. The first-order chi connectivity index (χ1) is 8.22. The fourth-order valence-corrected chi connectivity index (χ4v) is 2.96. The molecule has 2 rings (SSSR count). The number of nitro groups is 1. The normalized spacial score (nSPS) is 18.8. The van der Waals surface area contributed by atoms with Crippen LogP contribution in [0, 0.1) is 10.1 Å². The maximum absolute atomic E-state index is 10.7. The van der Waals surface area contributed by atoms with Crippen LogP contribution in [0.25, 0.3) is 0 Å². The molecule has 0 bridgehead atoms. The average molecular weight is 253 g/mol. The fraction of sp³-hybridized carbons (Fsp3) is 0.455. The third-order valence-electron chi connectivity index (χ3n) is 2.85. The standard InChI is InChI=1S/C11H15N3O2S/c1-2-9(13-7-5-12-6-8-13)10-3-4-11(17-10)14(15)16/h2-4,9,12H,1,5-8H2/t9-/m0/s1. The molecule has 5 nitrogen and oxygen atoms in total. The second-order valence-electron chi connectivity index (χ2n) is 3.90. The first-order valence-electron chi connectivity index (χ1n) is 5.54. The molecule has 1 atom stereocenters. The zero-order valence-corrected chi connectivity index (χ0v) is 10.3. The van der Waals surface area contributed by atoms with Crippen molar-refractivity contribution in [3.63, 3.8) is 0 Å². The van der Waals surface area contributed by atoms with Gasteiger partial charge in [0.25, 0.3) is 0 Å². The zero-order chi connectivity index (χ0) is 12.3. The molecule has 1 saturated heterocycles. The Balaban J connectivity index is 2.15. The summed E-state index contributed by atoms with van der Waals surface area (Å²) in [6, 6.07) is 3.49. The van der Waals surface area contributed by atoms with Gasteiger partial charge in [0.1, 0.15) is 0 Å². The quantitative estimate of drug-likeness (QED) is 0.505. The molecular formula is C11H15N3O2S. The minimum absolute atomic E-state index is 0.0933. The van der Waals surface area contributed by atoms with E-state index in [1.165, 1.54) is 11.3 Å². The van der Waals surface area contributed by atoms with Crippen LogP contribution < -0.4 is 5.32 Å². The number of thiophene rings is 1. The first kappa shape index (κ1) is 12.2. The maximum atomic E-state index is 10.7. The van der Waals surface area contributed by atoms with Gasteiger partial charge in [-0.05, 0) is 6.07 Å². The number of hydrogen-bond acceptors (Lipinski definition) is 5. The lowest BCUT2D eigenvalue weighted by molar-refractivity contribution is -0.380. The van der Waals surface area contributed by atoms with Crippen molar-refractivity contribution in [1.29, 1.82) is 0 Å². The summed E-state index contributed by atoms with van der Waals surface area (Å²) in [7, 11) is 0. The van der Waals surface area contributed by atoms with Crippen molar-refractivity contribution in [1.82, 2.24) is 10.2 Å². The number of rotatable bonds is 4. The molecule has 0 aromatic carbocycles. The highest BCUT2D eigenvalue weighted by Crippen LogP contribution is 2.32. The highest BCUT2D eigenvalue weighted by molar-refractivity contribution is 7.15. The summed E-state index contributed by atoms with van der Waals surface area (Å²) < 4.78 is 0. The molecule has 1 aromatic heterocycles. The van der Waals surface area contributed by atoms with Gasteiger partial charge in [-0.15, -0.1) is 6.58 Å². The lowest BCUT2D eigenvalue weighted by atomic mass is 10.2. The highest BCUT2D eigenvalue weighted by atomic mass is 32.1. The van der Waals surface area contributed by atoms with E-state index in [-0.39, 0.29) is 16.0 Å². The van der Waals surface area contributed by atoms with Crippen LogP contribution in [-0.2, 0) is 0 Å². The first-order valence-corrected chi connectivity index (χ1v) is 6.35. The van der Waals surface area contributed by atoms with Gasteiger partial charge in [0.15, 0.2) is 0 Å². The molecule has 17 heavy (non-hydrogen) atoms. The smallest absolute Gasteiger partial charge is 0.314 e. The van der Waals surface area contributed by atoms with E-state index in [9.17, 15) is 10.1 Å². The summed E-state index contributed by atoms with van der Waals surface area (Å²) in [6.45, 7) is 7.65. The van der Waals surface area contributed by atoms with Crippen molar-refractivity contribution in [2.24, 2.45) is 0 Å². The molecule has 0 spiro atoms. The topological polar surface area (TPSA) is 58.4 Å². The van der Waals surface area contributed by atoms with Crippen LogP contribution in [0.4, 0.5) is 5.00 Å². The van der Waals surface area contributed by atoms with Gasteiger partial charge in [-0.1, -0.05) is 17.4 Å². The second kappa shape index (κ2) is 5.39. The molecule has 0 unspecified atom stereocenters. The summed E-state index contributed by atoms with van der Waals surface area (Å²) in [4.78, 5) is 13.6. The molecule has 2 heterocycles. The summed E-state index contributed by atoms with van der Waals surface area (Å²) in [6.07, 6.45) is 1.86. The predicted molar refractivity (Wildman–Crippen MR) is 68.4 cm³/mol. The molecule has 1 fully saturated rings. The van der Waals surface area contributed by atoms with E-state index in [0.717, 1.165) is 31.1 Å². The molecule has 0 amide bonds. The highest BCUT2D eigenvalue weighted by Gasteiger charge is 2.22. The van der Waals surface area contributed by atoms with Gasteiger partial charge in [0, 0.05) is 37.1 Å². The van der Waals surface area contributed by atoms with E-state index in [4.69, 9.17) is 0 Å². The molecule has 0 saturated carbocycles. The average Bonchev–Trinajstić information content (AvgIpc) is 2.81. The third kappa shape index (κ3) is 2.71. The van der Waals surface area contributed by atoms with Gasteiger partial charge >= 0.3 is 5.00 Å². The van der Waals surface area contributed by atoms with Crippen LogP contribution >= 0.6 is 11.3 Å². The Morgan fingerprint density at radius 2 is 2.24 bits per heavy atom. The largest absolute Gasteiger partial charge is 0.324 e. The van der Waals surface area contributed by atoms with Gasteiger partial charge in [-0.3, -0.25) is 15.0 Å². The Bertz CT molecular complexity index is 413. The van der Waals surface area contributed by atoms with E-state index in [1.807, 2.05) is 12.1 Å². The Hall–Kier alpha value is -1.24. The molecular weight excluding hydrogens is 238 g/mol. The van der Waals surface area contributed by atoms with Crippen molar-refractivity contribution in [2.45, 2.75) is 6.04 Å². The van der Waals surface area contributed by atoms with E-state index < -0.39 is 0 Å². The minimum Gasteiger partial charge on any atom is -0.314 e. The van der Waals surface area contributed by atoms with Crippen molar-refractivity contribution in [2.75, 3.05) is 26.2 Å². The SMILES string of the molecule is C=C[C@@H](c1ccc([N+](=O)[O-])s1)N1CCNCC1. The van der Waals surface area contributed by atoms with Gasteiger partial charge in [-0.25, -0.2) is 0 Å². The van der Waals surface area contributed by atoms with E-state index in [0.29, 0.717) is 0 Å². The Morgan fingerprint density at radius 3 is 2.76 bits per heavy atom. The van der Waals surface area contributed by atoms with Crippen molar-refractivity contribution >= 4 is 16.3 Å². The van der Waals surface area contributed by atoms with Crippen molar-refractivity contribution in [3.05, 3.63) is 39.8 Å². The van der Waals surface area contributed by atoms with Crippen molar-refractivity contribution < 1.29 is 4.92 Å². The molecule has 6 heteroatoms. The summed E-state index contributed by atoms with van der Waals surface area (Å²) >= 11 is 1.23. The van der Waals surface area contributed by atoms with Gasteiger partial charge in [-0.2, -0.15) is 0 Å². The molecule has 1 aliphatic rings. The van der Waals surface area contributed by atoms with Crippen LogP contribution in [-0.4, -0.2) is 36.0 Å². The van der Waals surface area contributed by atoms with Crippen LogP contribution in [0.1, 0.15) is 10.9 Å². The van der Waals surface area contributed by atoms with Gasteiger partial charge in [0.2, 0.25) is 0 Å². The van der Waals surface area contributed by atoms with E-state index in [2.05, 4.69) is 16.8 Å². The maximum Gasteiger partial charge on any atom is 0.324 e. The Morgan fingerprint density at radius 1 is 1.53 bits per heavy atom. The summed E-state index contributed by atoms with van der Waals surface area (Å²) in [5, 5.41) is 14.2. The number of hydrogen-bond donors (Lipinski definition) is 1. The summed E-state index contributed by atoms with van der Waals surface area (Å²) in [5.41, 5.74) is 0. The molecule has 92 valence electrons. The number of piperazine rings is 1. The minimum atomic E-state index is -0.341. The van der Waals surface area contributed by atoms with Crippen molar-refractivity contribution in [3.8, 4) is 0 Å². The molecule has 1 aromatic rings. The fourth-order valence-electron chi connectivity index (χ4n) is 2.00. The zero-order valence-electron chi connectivity index (χ0n) is 9.46. The number of nitrogens with zero attached hydrogens (tertiary/aromatic N) is 2. The Kier molecular flexibility index (Phi) is 3.88. The van der Waals surface area contributed by atoms with Crippen LogP contribution in [0.5, 0.6) is 0 Å². The van der Waals surface area contributed by atoms with Gasteiger partial charge in [0.05, 0.1) is 11.0 Å². The molecule has 0 aliphatic carbocycles. The predicted octanol–water partition coefficient (Wildman–Crippen LogP) is 1.79. The monoisotopic (exact) mass is 253 g/mol. The van der Waals surface area contributed by atoms with E-state index >= 15 is 0 Å². The molecule has 0 radical (unpaired) electrons. The molecule has 1 N–H and O–H groups in total. The second-order valence-corrected chi connectivity index (χ2v) is 4.99. The lowest BCUT2D eigenvalue weighted by Gasteiger charge is -2.32. The Labute approximate surface area is 104 Å². The number of nitrogens with one attached hydrogen (secondary N) is 1. The van der Waals surface area contributed by atoms with Gasteiger partial charge < -0.3 is 5.32 Å². The summed E-state index contributed by atoms with van der Waals surface area (Å²) in [5.74, 6) is 0. The van der Waals surface area contributed by atoms with Crippen LogP contribution in [0.15, 0.2) is 24.8 Å². The van der Waals surface area contributed by atoms with E-state index in [1.54, 1.807) is 6.07 Å².